The van der Waals surface area contributed by atoms with Gasteiger partial charge in [0.25, 0.3) is 11.8 Å². The molecule has 4 heterocycles. The fourth-order valence-electron chi connectivity index (χ4n) is 2.89. The van der Waals surface area contributed by atoms with Crippen LogP contribution in [-0.4, -0.2) is 32.2 Å². The summed E-state index contributed by atoms with van der Waals surface area (Å²) in [4.78, 5) is 18.8. The molecule has 0 bridgehead atoms. The number of thiophene rings is 1. The van der Waals surface area contributed by atoms with E-state index >= 15 is 0 Å². The summed E-state index contributed by atoms with van der Waals surface area (Å²) < 4.78 is 14.9. The van der Waals surface area contributed by atoms with Gasteiger partial charge in [0.2, 0.25) is 0 Å². The second-order valence-corrected chi connectivity index (χ2v) is 7.77. The van der Waals surface area contributed by atoms with E-state index in [0.717, 1.165) is 52.5 Å². The first-order valence-corrected chi connectivity index (χ1v) is 9.92. The first-order chi connectivity index (χ1) is 12.7. The minimum atomic E-state index is -0.208. The monoisotopic (exact) mass is 391 g/mol. The number of hydrogen-bond acceptors (Lipinski definition) is 9. The van der Waals surface area contributed by atoms with E-state index in [2.05, 4.69) is 25.0 Å². The van der Waals surface area contributed by atoms with Crippen LogP contribution in [0.25, 0.3) is 11.5 Å². The summed E-state index contributed by atoms with van der Waals surface area (Å²) in [6, 6.07) is 0. The van der Waals surface area contributed by atoms with Crippen LogP contribution in [0.2, 0.25) is 0 Å². The number of carbonyl (C=O) groups excluding carboxylic acids is 1. The number of hydrogen-bond donors (Lipinski definition) is 1. The lowest BCUT2D eigenvalue weighted by Gasteiger charge is -2.12. The molecule has 10 heteroatoms. The minimum absolute atomic E-state index is 0.208. The van der Waals surface area contributed by atoms with Crippen molar-refractivity contribution in [2.24, 2.45) is 0 Å². The summed E-state index contributed by atoms with van der Waals surface area (Å²) >= 11 is 2.60. The Kier molecular flexibility index (Phi) is 4.79. The average molecular weight is 391 g/mol. The normalized spacial score (nSPS) is 13.6. The van der Waals surface area contributed by atoms with Gasteiger partial charge in [0.1, 0.15) is 9.88 Å². The fraction of sp³-hybridized carbons (Fsp3) is 0.438. The maximum absolute atomic E-state index is 12.8. The number of amides is 1. The van der Waals surface area contributed by atoms with Crippen molar-refractivity contribution in [2.45, 2.75) is 39.7 Å². The number of aryl methyl sites for hydroxylation is 2. The minimum Gasteiger partial charge on any atom is -0.376 e. The van der Waals surface area contributed by atoms with E-state index in [1.54, 1.807) is 6.92 Å². The molecule has 0 saturated heterocycles. The van der Waals surface area contributed by atoms with Gasteiger partial charge in [-0.25, -0.2) is 0 Å². The van der Waals surface area contributed by atoms with Crippen LogP contribution in [0.1, 0.15) is 45.0 Å². The molecule has 0 spiro atoms. The fourth-order valence-corrected chi connectivity index (χ4v) is 4.66. The second kappa shape index (κ2) is 7.22. The van der Waals surface area contributed by atoms with Gasteiger partial charge in [0.05, 0.1) is 24.5 Å². The molecular formula is C16H17N5O3S2. The Morgan fingerprint density at radius 2 is 2.27 bits per heavy atom. The lowest BCUT2D eigenvalue weighted by Crippen LogP contribution is -2.12. The number of aromatic nitrogens is 4. The van der Waals surface area contributed by atoms with Crippen molar-refractivity contribution in [3.05, 3.63) is 26.8 Å². The van der Waals surface area contributed by atoms with Gasteiger partial charge >= 0.3 is 0 Å². The summed E-state index contributed by atoms with van der Waals surface area (Å²) in [6.07, 6.45) is 2.38. The van der Waals surface area contributed by atoms with Crippen molar-refractivity contribution < 1.29 is 14.1 Å². The van der Waals surface area contributed by atoms with E-state index in [9.17, 15) is 4.79 Å². The molecule has 0 unspecified atom stereocenters. The molecule has 26 heavy (non-hydrogen) atoms. The number of nitrogens with one attached hydrogen (secondary N) is 1. The van der Waals surface area contributed by atoms with E-state index in [4.69, 9.17) is 9.26 Å². The van der Waals surface area contributed by atoms with Gasteiger partial charge in [-0.05, 0) is 36.9 Å². The molecule has 1 N–H and O–H groups in total. The molecule has 136 valence electrons. The molecule has 3 aromatic rings. The maximum atomic E-state index is 12.8. The smallest absolute Gasteiger partial charge is 0.269 e. The summed E-state index contributed by atoms with van der Waals surface area (Å²) in [6.45, 7) is 4.98. The highest BCUT2D eigenvalue weighted by molar-refractivity contribution is 7.17. The van der Waals surface area contributed by atoms with Crippen LogP contribution in [0.15, 0.2) is 4.52 Å². The topological polar surface area (TPSA) is 103 Å². The standard InChI is InChI=1S/C16H17N5O3S2/c1-3-4-10-13(26-21-19-10)14(22)18-16-12(15-17-8(2)20-24-15)9-5-6-23-7-11(9)25-16/h3-7H2,1-2H3,(H,18,22). The van der Waals surface area contributed by atoms with Gasteiger partial charge in [-0.15, -0.1) is 16.4 Å². The first kappa shape index (κ1) is 17.3. The summed E-state index contributed by atoms with van der Waals surface area (Å²) in [5, 5.41) is 11.7. The van der Waals surface area contributed by atoms with Gasteiger partial charge in [0, 0.05) is 4.88 Å². The van der Waals surface area contributed by atoms with Crippen molar-refractivity contribution >= 4 is 33.8 Å². The third kappa shape index (κ3) is 3.15. The van der Waals surface area contributed by atoms with Crippen LogP contribution in [0.4, 0.5) is 5.00 Å². The lowest BCUT2D eigenvalue weighted by molar-refractivity contribution is 0.103. The van der Waals surface area contributed by atoms with Gasteiger partial charge in [0.15, 0.2) is 5.82 Å². The van der Waals surface area contributed by atoms with Gasteiger partial charge in [-0.1, -0.05) is 23.0 Å². The zero-order valence-corrected chi connectivity index (χ0v) is 16.0. The molecule has 0 fully saturated rings. The molecule has 0 saturated carbocycles. The third-order valence-electron chi connectivity index (χ3n) is 4.04. The van der Waals surface area contributed by atoms with Gasteiger partial charge in [-0.2, -0.15) is 4.98 Å². The van der Waals surface area contributed by atoms with Crippen LogP contribution in [0, 0.1) is 6.92 Å². The highest BCUT2D eigenvalue weighted by atomic mass is 32.1. The molecule has 3 aromatic heterocycles. The number of carbonyl (C=O) groups is 1. The Balaban J connectivity index is 1.71. The molecule has 0 aromatic carbocycles. The Morgan fingerprint density at radius 3 is 3.04 bits per heavy atom. The highest BCUT2D eigenvalue weighted by Crippen LogP contribution is 2.42. The van der Waals surface area contributed by atoms with Gasteiger partial charge < -0.3 is 14.6 Å². The lowest BCUT2D eigenvalue weighted by atomic mass is 10.1. The average Bonchev–Trinajstić information content (AvgIpc) is 3.33. The molecule has 0 aliphatic carbocycles. The van der Waals surface area contributed by atoms with Crippen molar-refractivity contribution in [3.63, 3.8) is 0 Å². The van der Waals surface area contributed by atoms with Crippen LogP contribution < -0.4 is 5.32 Å². The zero-order valence-electron chi connectivity index (χ0n) is 14.4. The number of ether oxygens (including phenoxy) is 1. The molecule has 4 rings (SSSR count). The predicted octanol–water partition coefficient (Wildman–Crippen LogP) is 3.24. The van der Waals surface area contributed by atoms with Crippen LogP contribution in [-0.2, 0) is 24.2 Å². The van der Waals surface area contributed by atoms with E-state index in [1.165, 1.54) is 11.3 Å². The highest BCUT2D eigenvalue weighted by Gasteiger charge is 2.27. The largest absolute Gasteiger partial charge is 0.376 e. The van der Waals surface area contributed by atoms with Crippen LogP contribution in [0.5, 0.6) is 0 Å². The molecule has 1 aliphatic heterocycles. The first-order valence-electron chi connectivity index (χ1n) is 8.33. The SMILES string of the molecule is CCCc1nnsc1C(=O)Nc1sc2c(c1-c1nc(C)no1)CCOC2. The molecule has 0 atom stereocenters. The van der Waals surface area contributed by atoms with E-state index in [-0.39, 0.29) is 5.91 Å². The number of anilines is 1. The van der Waals surface area contributed by atoms with Crippen LogP contribution in [0.3, 0.4) is 0 Å². The van der Waals surface area contributed by atoms with E-state index in [1.807, 2.05) is 6.92 Å². The maximum Gasteiger partial charge on any atom is 0.269 e. The molecule has 1 amide bonds. The van der Waals surface area contributed by atoms with Crippen molar-refractivity contribution in [2.75, 3.05) is 11.9 Å². The Labute approximate surface area is 157 Å². The molecule has 8 nitrogen and oxygen atoms in total. The van der Waals surface area contributed by atoms with E-state index < -0.39 is 0 Å². The van der Waals surface area contributed by atoms with Crippen molar-refractivity contribution in [1.82, 2.24) is 19.7 Å². The van der Waals surface area contributed by atoms with Crippen molar-refractivity contribution in [3.8, 4) is 11.5 Å². The number of nitrogens with zero attached hydrogens (tertiary/aromatic N) is 4. The second-order valence-electron chi connectivity index (χ2n) is 5.91. The van der Waals surface area contributed by atoms with E-state index in [0.29, 0.717) is 34.8 Å². The summed E-state index contributed by atoms with van der Waals surface area (Å²) in [5.41, 5.74) is 2.64. The summed E-state index contributed by atoms with van der Waals surface area (Å²) in [7, 11) is 0. The van der Waals surface area contributed by atoms with Crippen molar-refractivity contribution in [1.29, 1.82) is 0 Å². The quantitative estimate of drug-likeness (QED) is 0.712. The zero-order chi connectivity index (χ0) is 18.1. The number of fused-ring (bicyclic) bond motifs is 1. The Hall–Kier alpha value is -2.17. The third-order valence-corrected chi connectivity index (χ3v) is 5.93. The molecular weight excluding hydrogens is 374 g/mol. The summed E-state index contributed by atoms with van der Waals surface area (Å²) in [5.74, 6) is 0.773. The van der Waals surface area contributed by atoms with Gasteiger partial charge in [-0.3, -0.25) is 4.79 Å². The molecule has 1 aliphatic rings. The predicted molar refractivity (Wildman–Crippen MR) is 97.6 cm³/mol. The number of rotatable bonds is 5. The van der Waals surface area contributed by atoms with Crippen LogP contribution >= 0.6 is 22.9 Å². The Bertz CT molecular complexity index is 946. The molecule has 0 radical (unpaired) electrons. The Morgan fingerprint density at radius 1 is 1.38 bits per heavy atom.